The summed E-state index contributed by atoms with van der Waals surface area (Å²) in [6.07, 6.45) is 2.45. The molecule has 0 aliphatic carbocycles. The molecule has 1 unspecified atom stereocenters. The van der Waals surface area contributed by atoms with E-state index in [1.54, 1.807) is 6.07 Å². The second-order valence-electron chi connectivity index (χ2n) is 6.20. The van der Waals surface area contributed by atoms with E-state index in [0.717, 1.165) is 38.2 Å². The van der Waals surface area contributed by atoms with Gasteiger partial charge in [-0.15, -0.1) is 0 Å². The first kappa shape index (κ1) is 18.5. The van der Waals surface area contributed by atoms with Crippen molar-refractivity contribution in [3.8, 4) is 0 Å². The number of esters is 1. The molecule has 2 heterocycles. The van der Waals surface area contributed by atoms with Crippen molar-refractivity contribution in [1.29, 1.82) is 0 Å². The molecule has 0 bridgehead atoms. The van der Waals surface area contributed by atoms with Crippen LogP contribution in [-0.2, 0) is 16.1 Å². The summed E-state index contributed by atoms with van der Waals surface area (Å²) in [4.78, 5) is 28.0. The Kier molecular flexibility index (Phi) is 6.81. The van der Waals surface area contributed by atoms with Crippen molar-refractivity contribution in [2.24, 2.45) is 0 Å². The monoisotopic (exact) mass is 337 g/mol. The summed E-state index contributed by atoms with van der Waals surface area (Å²) in [5, 5.41) is 2.99. The zero-order chi connectivity index (χ0) is 17.5. The number of ether oxygens (including phenoxy) is 1. The molecule has 7 heteroatoms. The van der Waals surface area contributed by atoms with Crippen LogP contribution >= 0.6 is 0 Å². The van der Waals surface area contributed by atoms with Crippen molar-refractivity contribution in [2.45, 2.75) is 32.9 Å². The first-order valence-electron chi connectivity index (χ1n) is 8.42. The maximum Gasteiger partial charge on any atom is 0.374 e. The molecule has 24 heavy (non-hydrogen) atoms. The smallest absolute Gasteiger partial charge is 0.374 e. The van der Waals surface area contributed by atoms with E-state index in [4.69, 9.17) is 9.15 Å². The molecule has 2 rings (SSSR count). The van der Waals surface area contributed by atoms with E-state index in [1.807, 2.05) is 6.92 Å². The van der Waals surface area contributed by atoms with Gasteiger partial charge in [-0.2, -0.15) is 0 Å². The molecular formula is C17H27N3O4. The van der Waals surface area contributed by atoms with E-state index < -0.39 is 5.97 Å². The zero-order valence-electron chi connectivity index (χ0n) is 14.7. The second-order valence-corrected chi connectivity index (χ2v) is 6.20. The van der Waals surface area contributed by atoms with Crippen molar-refractivity contribution in [3.63, 3.8) is 0 Å². The maximum atomic E-state index is 11.9. The molecule has 1 aromatic rings. The lowest BCUT2D eigenvalue weighted by Crippen LogP contribution is -2.49. The van der Waals surface area contributed by atoms with E-state index in [1.165, 1.54) is 13.4 Å². The summed E-state index contributed by atoms with van der Waals surface area (Å²) < 4.78 is 9.94. The van der Waals surface area contributed by atoms with Gasteiger partial charge < -0.3 is 14.5 Å². The van der Waals surface area contributed by atoms with Gasteiger partial charge in [-0.05, 0) is 19.4 Å². The highest BCUT2D eigenvalue weighted by molar-refractivity contribution is 5.87. The van der Waals surface area contributed by atoms with Gasteiger partial charge in [0.15, 0.2) is 0 Å². The van der Waals surface area contributed by atoms with Crippen LogP contribution in [0.5, 0.6) is 0 Å². The second kappa shape index (κ2) is 8.84. The molecule has 0 spiro atoms. The molecule has 1 saturated heterocycles. The maximum absolute atomic E-state index is 11.9. The van der Waals surface area contributed by atoms with Crippen LogP contribution in [0.2, 0.25) is 0 Å². The number of nitrogens with one attached hydrogen (secondary N) is 1. The van der Waals surface area contributed by atoms with Gasteiger partial charge >= 0.3 is 5.97 Å². The number of rotatable bonds is 7. The van der Waals surface area contributed by atoms with Crippen LogP contribution in [0, 0.1) is 0 Å². The van der Waals surface area contributed by atoms with Gasteiger partial charge in [0.2, 0.25) is 11.7 Å². The van der Waals surface area contributed by atoms with Crippen molar-refractivity contribution in [1.82, 2.24) is 15.1 Å². The Morgan fingerprint density at radius 3 is 2.58 bits per heavy atom. The summed E-state index contributed by atoms with van der Waals surface area (Å²) in [6, 6.07) is 2.02. The van der Waals surface area contributed by atoms with Crippen molar-refractivity contribution < 1.29 is 18.7 Å². The first-order valence-corrected chi connectivity index (χ1v) is 8.42. The lowest BCUT2D eigenvalue weighted by Gasteiger charge is -2.34. The fourth-order valence-corrected chi connectivity index (χ4v) is 2.70. The molecule has 1 amide bonds. The Bertz CT molecular complexity index is 550. The van der Waals surface area contributed by atoms with E-state index in [9.17, 15) is 9.59 Å². The Morgan fingerprint density at radius 2 is 1.96 bits per heavy atom. The van der Waals surface area contributed by atoms with Crippen molar-refractivity contribution in [3.05, 3.63) is 23.7 Å². The molecule has 1 atom stereocenters. The van der Waals surface area contributed by atoms with Crippen molar-refractivity contribution >= 4 is 11.9 Å². The van der Waals surface area contributed by atoms with Gasteiger partial charge in [-0.25, -0.2) is 4.79 Å². The lowest BCUT2D eigenvalue weighted by atomic mass is 10.2. The highest BCUT2D eigenvalue weighted by Gasteiger charge is 2.22. The third kappa shape index (κ3) is 5.07. The number of methoxy groups -OCH3 is 1. The van der Waals surface area contributed by atoms with Crippen LogP contribution in [-0.4, -0.2) is 67.6 Å². The number of carbonyl (C=O) groups is 2. The zero-order valence-corrected chi connectivity index (χ0v) is 14.7. The molecule has 7 nitrogen and oxygen atoms in total. The number of carbonyl (C=O) groups excluding carboxylic acids is 2. The number of amides is 1. The highest BCUT2D eigenvalue weighted by atomic mass is 16.5. The van der Waals surface area contributed by atoms with Crippen LogP contribution in [0.4, 0.5) is 0 Å². The summed E-state index contributed by atoms with van der Waals surface area (Å²) in [5.41, 5.74) is 0.838. The summed E-state index contributed by atoms with van der Waals surface area (Å²) in [6.45, 7) is 8.52. The molecule has 1 fully saturated rings. The fourth-order valence-electron chi connectivity index (χ4n) is 2.70. The molecule has 1 aliphatic heterocycles. The predicted octanol–water partition coefficient (Wildman–Crippen LogP) is 1.10. The van der Waals surface area contributed by atoms with Gasteiger partial charge in [0.25, 0.3) is 0 Å². The Hall–Kier alpha value is -1.86. The Labute approximate surface area is 142 Å². The third-order valence-electron chi connectivity index (χ3n) is 4.36. The molecule has 0 aromatic carbocycles. The summed E-state index contributed by atoms with van der Waals surface area (Å²) in [7, 11) is 1.35. The number of hydrogen-bond donors (Lipinski definition) is 1. The third-order valence-corrected chi connectivity index (χ3v) is 4.36. The average Bonchev–Trinajstić information content (AvgIpc) is 3.03. The number of furan rings is 1. The fraction of sp³-hybridized carbons (Fsp3) is 0.647. The van der Waals surface area contributed by atoms with Crippen LogP contribution < -0.4 is 5.32 Å². The Morgan fingerprint density at radius 1 is 1.29 bits per heavy atom. The van der Waals surface area contributed by atoms with Crippen molar-refractivity contribution in [2.75, 3.05) is 39.8 Å². The largest absolute Gasteiger partial charge is 0.463 e. The highest BCUT2D eigenvalue weighted by Crippen LogP contribution is 2.15. The summed E-state index contributed by atoms with van der Waals surface area (Å²) in [5.74, 6) is -0.0937. The van der Waals surface area contributed by atoms with Crippen LogP contribution in [0.1, 0.15) is 36.4 Å². The molecule has 0 saturated carbocycles. The molecule has 1 aliphatic rings. The predicted molar refractivity (Wildman–Crippen MR) is 89.7 cm³/mol. The summed E-state index contributed by atoms with van der Waals surface area (Å²) >= 11 is 0. The lowest BCUT2D eigenvalue weighted by molar-refractivity contribution is -0.123. The molecule has 1 N–H and O–H groups in total. The van der Waals surface area contributed by atoms with Gasteiger partial charge in [0, 0.05) is 44.3 Å². The average molecular weight is 337 g/mol. The number of piperazine rings is 1. The number of nitrogens with zero attached hydrogens (tertiary/aromatic N) is 2. The van der Waals surface area contributed by atoms with Crippen LogP contribution in [0.25, 0.3) is 0 Å². The van der Waals surface area contributed by atoms with E-state index in [2.05, 4.69) is 22.0 Å². The minimum Gasteiger partial charge on any atom is -0.463 e. The quantitative estimate of drug-likeness (QED) is 0.751. The normalized spacial score (nSPS) is 17.5. The van der Waals surface area contributed by atoms with E-state index >= 15 is 0 Å². The van der Waals surface area contributed by atoms with E-state index in [-0.39, 0.29) is 17.7 Å². The Balaban J connectivity index is 1.78. The van der Waals surface area contributed by atoms with Gasteiger partial charge in [0.1, 0.15) is 0 Å². The number of hydrogen-bond acceptors (Lipinski definition) is 6. The molecule has 1 aromatic heterocycles. The van der Waals surface area contributed by atoms with Crippen LogP contribution in [0.15, 0.2) is 16.7 Å². The topological polar surface area (TPSA) is 75.0 Å². The molecule has 134 valence electrons. The van der Waals surface area contributed by atoms with Crippen LogP contribution in [0.3, 0.4) is 0 Å². The van der Waals surface area contributed by atoms with E-state index in [0.29, 0.717) is 13.1 Å². The minimum atomic E-state index is -0.449. The van der Waals surface area contributed by atoms with Gasteiger partial charge in [-0.3, -0.25) is 14.6 Å². The van der Waals surface area contributed by atoms with Gasteiger partial charge in [0.05, 0.1) is 19.9 Å². The van der Waals surface area contributed by atoms with Gasteiger partial charge in [-0.1, -0.05) is 6.92 Å². The first-order chi connectivity index (χ1) is 11.5. The minimum absolute atomic E-state index is 0.0839. The molecular weight excluding hydrogens is 310 g/mol. The SMILES string of the molecule is CCC(C)NC(=O)CN1CCN(Cc2ccoc2C(=O)OC)CC1. The standard InChI is InChI=1S/C17H27N3O4/c1-4-13(2)18-15(21)12-20-8-6-19(7-9-20)11-14-5-10-24-16(14)17(22)23-3/h5,10,13H,4,6-9,11-12H2,1-3H3,(H,18,21). The molecule has 0 radical (unpaired) electrons.